The van der Waals surface area contributed by atoms with Gasteiger partial charge in [-0.2, -0.15) is 0 Å². The Labute approximate surface area is 124 Å². The van der Waals surface area contributed by atoms with Crippen LogP contribution in [0.4, 0.5) is 5.82 Å². The zero-order valence-corrected chi connectivity index (χ0v) is 12.4. The standard InChI is InChI=1S/C16H19ClN2O/c1-10-2-4-12(5-3-10)15-14(16(18)19-20-15)11-6-8-13(17)9-7-11/h6-10,12H,2-5H2,1H3,(H2,18,19). The van der Waals surface area contributed by atoms with Crippen molar-refractivity contribution < 1.29 is 4.52 Å². The lowest BCUT2D eigenvalue weighted by atomic mass is 9.80. The molecule has 1 aromatic carbocycles. The molecule has 4 heteroatoms. The van der Waals surface area contributed by atoms with Crippen LogP contribution in [0.2, 0.25) is 5.02 Å². The Balaban J connectivity index is 1.95. The highest BCUT2D eigenvalue weighted by Gasteiger charge is 2.27. The Bertz CT molecular complexity index is 583. The summed E-state index contributed by atoms with van der Waals surface area (Å²) in [4.78, 5) is 0. The molecule has 0 amide bonds. The van der Waals surface area contributed by atoms with Gasteiger partial charge in [0.25, 0.3) is 0 Å². The van der Waals surface area contributed by atoms with E-state index in [-0.39, 0.29) is 0 Å². The average Bonchev–Trinajstić information content (AvgIpc) is 2.83. The van der Waals surface area contributed by atoms with E-state index in [1.54, 1.807) is 0 Å². The quantitative estimate of drug-likeness (QED) is 0.858. The molecule has 3 rings (SSSR count). The molecule has 3 nitrogen and oxygen atoms in total. The molecule has 0 atom stereocenters. The Morgan fingerprint density at radius 2 is 1.80 bits per heavy atom. The number of aromatic nitrogens is 1. The third-order valence-electron chi connectivity index (χ3n) is 4.26. The zero-order chi connectivity index (χ0) is 14.1. The van der Waals surface area contributed by atoms with E-state index in [4.69, 9.17) is 21.9 Å². The van der Waals surface area contributed by atoms with E-state index in [9.17, 15) is 0 Å². The van der Waals surface area contributed by atoms with Gasteiger partial charge in [0, 0.05) is 10.9 Å². The molecule has 0 saturated heterocycles. The molecule has 0 bridgehead atoms. The largest absolute Gasteiger partial charge is 0.380 e. The first-order valence-electron chi connectivity index (χ1n) is 7.16. The van der Waals surface area contributed by atoms with E-state index in [0.29, 0.717) is 11.7 Å². The molecule has 2 aromatic rings. The van der Waals surface area contributed by atoms with E-state index < -0.39 is 0 Å². The second kappa shape index (κ2) is 5.49. The van der Waals surface area contributed by atoms with Crippen LogP contribution >= 0.6 is 11.6 Å². The molecule has 2 N–H and O–H groups in total. The number of nitrogens with two attached hydrogens (primary N) is 1. The Kier molecular flexibility index (Phi) is 3.70. The maximum atomic E-state index is 6.01. The Morgan fingerprint density at radius 3 is 2.45 bits per heavy atom. The molecule has 0 radical (unpaired) electrons. The maximum absolute atomic E-state index is 6.01. The minimum atomic E-state index is 0.432. The van der Waals surface area contributed by atoms with Gasteiger partial charge in [-0.1, -0.05) is 48.7 Å². The van der Waals surface area contributed by atoms with Crippen LogP contribution in [0.1, 0.15) is 44.3 Å². The lowest BCUT2D eigenvalue weighted by Crippen LogP contribution is -2.11. The summed E-state index contributed by atoms with van der Waals surface area (Å²) in [7, 11) is 0. The number of nitrogens with zero attached hydrogens (tertiary/aromatic N) is 1. The molecule has 1 aliphatic carbocycles. The van der Waals surface area contributed by atoms with Crippen LogP contribution in [0.5, 0.6) is 0 Å². The van der Waals surface area contributed by atoms with Gasteiger partial charge >= 0.3 is 0 Å². The monoisotopic (exact) mass is 290 g/mol. The molecule has 0 aliphatic heterocycles. The number of hydrogen-bond acceptors (Lipinski definition) is 3. The van der Waals surface area contributed by atoms with E-state index in [1.165, 1.54) is 12.8 Å². The molecule has 0 unspecified atom stereocenters. The minimum absolute atomic E-state index is 0.432. The van der Waals surface area contributed by atoms with Crippen molar-refractivity contribution in [3.05, 3.63) is 35.0 Å². The van der Waals surface area contributed by atoms with E-state index in [0.717, 1.165) is 40.7 Å². The van der Waals surface area contributed by atoms with Gasteiger partial charge in [0.05, 0.1) is 5.56 Å². The van der Waals surface area contributed by atoms with Crippen LogP contribution in [-0.2, 0) is 0 Å². The fourth-order valence-electron chi connectivity index (χ4n) is 3.02. The summed E-state index contributed by atoms with van der Waals surface area (Å²) in [5.41, 5.74) is 7.98. The molecule has 1 aliphatic rings. The SMILES string of the molecule is CC1CCC(c2onc(N)c2-c2ccc(Cl)cc2)CC1. The van der Waals surface area contributed by atoms with Crippen molar-refractivity contribution in [2.75, 3.05) is 5.73 Å². The van der Waals surface area contributed by atoms with Gasteiger partial charge in [0.15, 0.2) is 5.82 Å². The zero-order valence-electron chi connectivity index (χ0n) is 11.6. The van der Waals surface area contributed by atoms with Crippen LogP contribution in [0.25, 0.3) is 11.1 Å². The number of anilines is 1. The second-order valence-electron chi connectivity index (χ2n) is 5.77. The van der Waals surface area contributed by atoms with Gasteiger partial charge in [-0.15, -0.1) is 0 Å². The van der Waals surface area contributed by atoms with Gasteiger partial charge in [-0.3, -0.25) is 0 Å². The summed E-state index contributed by atoms with van der Waals surface area (Å²) in [6, 6.07) is 7.69. The average molecular weight is 291 g/mol. The first-order valence-corrected chi connectivity index (χ1v) is 7.54. The highest BCUT2D eigenvalue weighted by atomic mass is 35.5. The van der Waals surface area contributed by atoms with Crippen LogP contribution < -0.4 is 5.73 Å². The van der Waals surface area contributed by atoms with Crippen molar-refractivity contribution in [3.63, 3.8) is 0 Å². The highest BCUT2D eigenvalue weighted by Crippen LogP contribution is 2.42. The first-order chi connectivity index (χ1) is 9.65. The molecule has 20 heavy (non-hydrogen) atoms. The number of halogens is 1. The minimum Gasteiger partial charge on any atom is -0.380 e. The second-order valence-corrected chi connectivity index (χ2v) is 6.21. The summed E-state index contributed by atoms with van der Waals surface area (Å²) in [6.45, 7) is 2.31. The number of hydrogen-bond donors (Lipinski definition) is 1. The molecule has 1 aromatic heterocycles. The Hall–Kier alpha value is -1.48. The summed E-state index contributed by atoms with van der Waals surface area (Å²) < 4.78 is 5.55. The summed E-state index contributed by atoms with van der Waals surface area (Å²) in [6.07, 6.45) is 4.78. The predicted octanol–water partition coefficient (Wildman–Crippen LogP) is 4.87. The lowest BCUT2D eigenvalue weighted by Gasteiger charge is -2.24. The van der Waals surface area contributed by atoms with E-state index in [1.807, 2.05) is 24.3 Å². The third kappa shape index (κ3) is 2.55. The van der Waals surface area contributed by atoms with Crippen molar-refractivity contribution >= 4 is 17.4 Å². The molecular weight excluding hydrogens is 272 g/mol. The van der Waals surface area contributed by atoms with Gasteiger partial charge in [0.1, 0.15) is 5.76 Å². The summed E-state index contributed by atoms with van der Waals surface area (Å²) >= 11 is 5.95. The molecule has 0 spiro atoms. The summed E-state index contributed by atoms with van der Waals surface area (Å²) in [5, 5.41) is 4.70. The molecule has 1 fully saturated rings. The van der Waals surface area contributed by atoms with E-state index >= 15 is 0 Å². The predicted molar refractivity (Wildman–Crippen MR) is 81.7 cm³/mol. The van der Waals surface area contributed by atoms with Crippen molar-refractivity contribution in [2.24, 2.45) is 5.92 Å². The van der Waals surface area contributed by atoms with Gasteiger partial charge < -0.3 is 10.3 Å². The smallest absolute Gasteiger partial charge is 0.175 e. The first kappa shape index (κ1) is 13.5. The topological polar surface area (TPSA) is 52.0 Å². The lowest BCUT2D eigenvalue weighted by molar-refractivity contribution is 0.289. The van der Waals surface area contributed by atoms with Crippen LogP contribution in [0.15, 0.2) is 28.8 Å². The third-order valence-corrected chi connectivity index (χ3v) is 4.52. The summed E-state index contributed by atoms with van der Waals surface area (Å²) in [5.74, 6) is 2.66. The van der Waals surface area contributed by atoms with Gasteiger partial charge in [0.2, 0.25) is 0 Å². The molecule has 1 heterocycles. The van der Waals surface area contributed by atoms with Crippen LogP contribution in [0.3, 0.4) is 0 Å². The van der Waals surface area contributed by atoms with E-state index in [2.05, 4.69) is 12.1 Å². The highest BCUT2D eigenvalue weighted by molar-refractivity contribution is 6.30. The van der Waals surface area contributed by atoms with Crippen molar-refractivity contribution in [1.82, 2.24) is 5.16 Å². The molecule has 106 valence electrons. The van der Waals surface area contributed by atoms with Crippen LogP contribution in [0, 0.1) is 5.92 Å². The fraction of sp³-hybridized carbons (Fsp3) is 0.438. The van der Waals surface area contributed by atoms with Crippen molar-refractivity contribution in [3.8, 4) is 11.1 Å². The van der Waals surface area contributed by atoms with Crippen LogP contribution in [-0.4, -0.2) is 5.16 Å². The normalized spacial score (nSPS) is 22.9. The number of nitrogen functional groups attached to an aromatic ring is 1. The molecular formula is C16H19ClN2O. The fourth-order valence-corrected chi connectivity index (χ4v) is 3.15. The number of rotatable bonds is 2. The van der Waals surface area contributed by atoms with Gasteiger partial charge in [-0.25, -0.2) is 0 Å². The Morgan fingerprint density at radius 1 is 1.15 bits per heavy atom. The van der Waals surface area contributed by atoms with Crippen molar-refractivity contribution in [1.29, 1.82) is 0 Å². The van der Waals surface area contributed by atoms with Crippen molar-refractivity contribution in [2.45, 2.75) is 38.5 Å². The maximum Gasteiger partial charge on any atom is 0.175 e. The molecule has 1 saturated carbocycles. The van der Waals surface area contributed by atoms with Gasteiger partial charge in [-0.05, 0) is 36.5 Å². The number of benzene rings is 1.